The van der Waals surface area contributed by atoms with Crippen LogP contribution in [0.4, 0.5) is 0 Å². The largest absolute Gasteiger partial charge is 0.456 e. The van der Waals surface area contributed by atoms with Gasteiger partial charge < -0.3 is 14.2 Å². The molecule has 0 amide bonds. The van der Waals surface area contributed by atoms with Gasteiger partial charge in [0, 0.05) is 21.4 Å². The minimum Gasteiger partial charge on any atom is -0.456 e. The average Bonchev–Trinajstić information content (AvgIpc) is 3.03. The number of aliphatic hydroxyl groups is 1. The summed E-state index contributed by atoms with van der Waals surface area (Å²) < 4.78 is 11.8. The molecule has 0 saturated heterocycles. The first kappa shape index (κ1) is 20.0. The van der Waals surface area contributed by atoms with E-state index < -0.39 is 11.2 Å². The fourth-order valence-electron chi connectivity index (χ4n) is 3.09. The third-order valence-corrected chi connectivity index (χ3v) is 5.96. The van der Waals surface area contributed by atoms with Crippen molar-refractivity contribution in [1.82, 2.24) is 0 Å². The fourth-order valence-corrected chi connectivity index (χ4v) is 3.39. The second kappa shape index (κ2) is 7.21. The lowest BCUT2D eigenvalue weighted by Crippen LogP contribution is -2.49. The first-order valence-electron chi connectivity index (χ1n) is 9.60. The van der Waals surface area contributed by atoms with Crippen LogP contribution in [0.1, 0.15) is 27.7 Å². The van der Waals surface area contributed by atoms with E-state index in [1.165, 1.54) is 0 Å². The molecule has 0 aliphatic carbocycles. The molecule has 3 aromatic carbocycles. The van der Waals surface area contributed by atoms with Gasteiger partial charge in [-0.2, -0.15) is 0 Å². The van der Waals surface area contributed by atoms with Crippen LogP contribution in [-0.4, -0.2) is 23.8 Å². The summed E-state index contributed by atoms with van der Waals surface area (Å²) in [5.74, 6) is 0. The van der Waals surface area contributed by atoms with Crippen molar-refractivity contribution < 1.29 is 14.2 Å². The van der Waals surface area contributed by atoms with Gasteiger partial charge in [-0.1, -0.05) is 53.5 Å². The topological polar surface area (TPSA) is 42.6 Å². The molecule has 29 heavy (non-hydrogen) atoms. The lowest BCUT2D eigenvalue weighted by molar-refractivity contribution is -0.0893. The van der Waals surface area contributed by atoms with Crippen molar-refractivity contribution >= 4 is 46.5 Å². The maximum absolute atomic E-state index is 10.2. The van der Waals surface area contributed by atoms with Gasteiger partial charge in [0.25, 0.3) is 0 Å². The molecule has 0 spiro atoms. The van der Waals surface area contributed by atoms with Crippen molar-refractivity contribution in [1.29, 1.82) is 0 Å². The van der Waals surface area contributed by atoms with Crippen molar-refractivity contribution in [3.8, 4) is 11.1 Å². The van der Waals surface area contributed by atoms with Crippen molar-refractivity contribution in [2.45, 2.75) is 38.9 Å². The number of furan rings is 1. The van der Waals surface area contributed by atoms with Crippen molar-refractivity contribution in [3.05, 3.63) is 65.7 Å². The Morgan fingerprint density at radius 2 is 1.62 bits per heavy atom. The maximum Gasteiger partial charge on any atom is 0.330 e. The Bertz CT molecular complexity index is 1190. The van der Waals surface area contributed by atoms with Crippen LogP contribution >= 0.6 is 11.6 Å². The molecule has 5 heteroatoms. The highest BCUT2D eigenvalue weighted by Crippen LogP contribution is 2.34. The zero-order chi connectivity index (χ0) is 20.8. The van der Waals surface area contributed by atoms with E-state index in [1.54, 1.807) is 21.3 Å². The van der Waals surface area contributed by atoms with Crippen LogP contribution in [0.25, 0.3) is 33.1 Å². The Hall–Kier alpha value is -2.27. The van der Waals surface area contributed by atoms with Gasteiger partial charge >= 0.3 is 7.48 Å². The molecule has 4 rings (SSSR count). The number of fused-ring (bicyclic) bond motifs is 3. The Morgan fingerprint density at radius 1 is 0.897 bits per heavy atom. The van der Waals surface area contributed by atoms with E-state index in [0.717, 1.165) is 38.5 Å². The second-order valence-electron chi connectivity index (χ2n) is 8.35. The molecule has 147 valence electrons. The van der Waals surface area contributed by atoms with Crippen LogP contribution in [0.3, 0.4) is 0 Å². The lowest BCUT2D eigenvalue weighted by Gasteiger charge is -2.37. The van der Waals surface area contributed by atoms with E-state index in [-0.39, 0.29) is 0 Å². The predicted molar refractivity (Wildman–Crippen MR) is 121 cm³/mol. The molecule has 0 fully saturated rings. The third kappa shape index (κ3) is 3.80. The number of halogens is 1. The highest BCUT2D eigenvalue weighted by atomic mass is 35.5. The molecular weight excluding hydrogens is 383 g/mol. The third-order valence-electron chi connectivity index (χ3n) is 5.65. The van der Waals surface area contributed by atoms with Crippen molar-refractivity contribution in [2.75, 3.05) is 0 Å². The Labute approximate surface area is 176 Å². The van der Waals surface area contributed by atoms with Gasteiger partial charge in [-0.15, -0.1) is 0 Å². The summed E-state index contributed by atoms with van der Waals surface area (Å²) in [6.07, 6.45) is 0. The first-order valence-corrected chi connectivity index (χ1v) is 9.98. The van der Waals surface area contributed by atoms with E-state index in [9.17, 15) is 5.11 Å². The summed E-state index contributed by atoms with van der Waals surface area (Å²) in [7, 11) is 1.63. The SMILES string of the molecule is CC(C)(O)C(C)(C)O[B]c1ccc(-c2ccc3c(c2)oc2ccccc23)c(Cl)c1. The van der Waals surface area contributed by atoms with Gasteiger partial charge in [-0.05, 0) is 57.5 Å². The molecule has 1 heterocycles. The second-order valence-corrected chi connectivity index (χ2v) is 8.76. The summed E-state index contributed by atoms with van der Waals surface area (Å²) in [5, 5.41) is 13.1. The monoisotopic (exact) mass is 405 g/mol. The molecule has 0 atom stereocenters. The molecule has 0 saturated carbocycles. The molecule has 1 N–H and O–H groups in total. The number of benzene rings is 3. The first-order chi connectivity index (χ1) is 13.7. The van der Waals surface area contributed by atoms with Gasteiger partial charge in [0.15, 0.2) is 0 Å². The number of para-hydroxylation sites is 1. The molecule has 1 aromatic heterocycles. The van der Waals surface area contributed by atoms with E-state index >= 15 is 0 Å². The fraction of sp³-hybridized carbons (Fsp3) is 0.250. The van der Waals surface area contributed by atoms with Crippen molar-refractivity contribution in [3.63, 3.8) is 0 Å². The van der Waals surface area contributed by atoms with E-state index in [2.05, 4.69) is 18.2 Å². The van der Waals surface area contributed by atoms with Crippen LogP contribution in [0, 0.1) is 0 Å². The highest BCUT2D eigenvalue weighted by molar-refractivity contribution is 6.48. The smallest absolute Gasteiger partial charge is 0.330 e. The van der Waals surface area contributed by atoms with Crippen LogP contribution in [0.15, 0.2) is 65.1 Å². The number of rotatable bonds is 5. The Morgan fingerprint density at radius 3 is 2.34 bits per heavy atom. The zero-order valence-electron chi connectivity index (χ0n) is 17.0. The van der Waals surface area contributed by atoms with E-state index in [0.29, 0.717) is 5.02 Å². The molecule has 0 aliphatic rings. The highest BCUT2D eigenvalue weighted by Gasteiger charge is 2.35. The summed E-state index contributed by atoms with van der Waals surface area (Å²) in [6.45, 7) is 7.15. The molecule has 1 radical (unpaired) electrons. The van der Waals surface area contributed by atoms with Gasteiger partial charge in [0.2, 0.25) is 0 Å². The molecule has 3 nitrogen and oxygen atoms in total. The standard InChI is InChI=1S/C24H23BClO3/c1-23(2,27)24(3,4)29-25-16-10-12-17(20(26)14-16)15-9-11-19-18-7-5-6-8-21(18)28-22(19)13-15/h5-14,27H,1-4H3. The Kier molecular flexibility index (Phi) is 4.98. The maximum atomic E-state index is 10.2. The minimum atomic E-state index is -0.977. The van der Waals surface area contributed by atoms with Crippen LogP contribution < -0.4 is 5.46 Å². The van der Waals surface area contributed by atoms with E-state index in [1.807, 2.05) is 56.3 Å². The summed E-state index contributed by atoms with van der Waals surface area (Å²) in [5.41, 5.74) is 2.76. The number of hydrogen-bond donors (Lipinski definition) is 1. The van der Waals surface area contributed by atoms with Crippen molar-refractivity contribution in [2.24, 2.45) is 0 Å². The molecular formula is C24H23BClO3. The normalized spacial score (nSPS) is 12.6. The van der Waals surface area contributed by atoms with Crippen LogP contribution in [0.2, 0.25) is 5.02 Å². The van der Waals surface area contributed by atoms with Gasteiger partial charge in [0.1, 0.15) is 11.2 Å². The predicted octanol–water partition coefficient (Wildman–Crippen LogP) is 5.72. The minimum absolute atomic E-state index is 0.624. The summed E-state index contributed by atoms with van der Waals surface area (Å²) >= 11 is 6.58. The van der Waals surface area contributed by atoms with Gasteiger partial charge in [-0.25, -0.2) is 0 Å². The lowest BCUT2D eigenvalue weighted by atomic mass is 9.82. The van der Waals surface area contributed by atoms with Crippen LogP contribution in [-0.2, 0) is 4.65 Å². The molecule has 0 bridgehead atoms. The van der Waals surface area contributed by atoms with Gasteiger partial charge in [0.05, 0.1) is 11.2 Å². The molecule has 4 aromatic rings. The van der Waals surface area contributed by atoms with E-state index in [4.69, 9.17) is 20.7 Å². The average molecular weight is 406 g/mol. The zero-order valence-corrected chi connectivity index (χ0v) is 17.7. The van der Waals surface area contributed by atoms with Crippen LogP contribution in [0.5, 0.6) is 0 Å². The summed E-state index contributed by atoms with van der Waals surface area (Å²) in [4.78, 5) is 0. The summed E-state index contributed by atoms with van der Waals surface area (Å²) in [6, 6.07) is 20.0. The quantitative estimate of drug-likeness (QED) is 0.432. The number of hydrogen-bond acceptors (Lipinski definition) is 3. The molecule has 0 unspecified atom stereocenters. The Balaban J connectivity index is 1.62. The van der Waals surface area contributed by atoms with Gasteiger partial charge in [-0.3, -0.25) is 0 Å². The molecule has 0 aliphatic heterocycles.